The van der Waals surface area contributed by atoms with Crippen LogP contribution in [0.1, 0.15) is 21.5 Å². The first-order valence-electron chi connectivity index (χ1n) is 5.11. The summed E-state index contributed by atoms with van der Waals surface area (Å²) >= 11 is 1.37. The normalized spacial score (nSPS) is 9.65. The molecule has 0 bridgehead atoms. The van der Waals surface area contributed by atoms with E-state index < -0.39 is 5.97 Å². The number of nitrogens with zero attached hydrogens (tertiary/aromatic N) is 1. The van der Waals surface area contributed by atoms with Gasteiger partial charge in [0.2, 0.25) is 0 Å². The Bertz CT molecular complexity index is 459. The van der Waals surface area contributed by atoms with Crippen molar-refractivity contribution in [3.05, 3.63) is 21.9 Å². The highest BCUT2D eigenvalue weighted by atomic mass is 32.1. The summed E-state index contributed by atoms with van der Waals surface area (Å²) in [4.78, 5) is 25.4. The number of carboxylic acid groups (broad SMARTS) is 1. The molecular weight excluding hydrogens is 238 g/mol. The fraction of sp³-hybridized carbons (Fsp3) is 0.333. The number of rotatable bonds is 5. The van der Waals surface area contributed by atoms with Crippen LogP contribution in [0, 0.1) is 12.3 Å². The average molecular weight is 251 g/mol. The molecule has 0 radical (unpaired) electrons. The van der Waals surface area contributed by atoms with E-state index in [-0.39, 0.29) is 19.0 Å². The van der Waals surface area contributed by atoms with Crippen LogP contribution in [-0.2, 0) is 11.2 Å². The fourth-order valence-corrected chi connectivity index (χ4v) is 2.23. The zero-order chi connectivity index (χ0) is 12.8. The maximum atomic E-state index is 12.0. The second-order valence-corrected chi connectivity index (χ2v) is 4.55. The number of amides is 1. The number of thiophene rings is 1. The third-order valence-corrected chi connectivity index (χ3v) is 3.33. The summed E-state index contributed by atoms with van der Waals surface area (Å²) in [5.41, 5.74) is 0. The largest absolute Gasteiger partial charge is 0.480 e. The van der Waals surface area contributed by atoms with E-state index in [4.69, 9.17) is 11.5 Å². The van der Waals surface area contributed by atoms with E-state index in [1.165, 1.54) is 11.3 Å². The molecule has 1 aromatic rings. The van der Waals surface area contributed by atoms with Crippen molar-refractivity contribution in [2.45, 2.75) is 13.3 Å². The molecule has 0 atom stereocenters. The van der Waals surface area contributed by atoms with E-state index in [9.17, 15) is 9.59 Å². The Kier molecular flexibility index (Phi) is 4.73. The van der Waals surface area contributed by atoms with Crippen molar-refractivity contribution >= 4 is 23.2 Å². The van der Waals surface area contributed by atoms with Gasteiger partial charge in [0.1, 0.15) is 6.54 Å². The van der Waals surface area contributed by atoms with Crippen LogP contribution in [0.25, 0.3) is 0 Å². The molecule has 4 nitrogen and oxygen atoms in total. The number of aliphatic carboxylic acids is 1. The van der Waals surface area contributed by atoms with E-state index in [1.807, 2.05) is 13.0 Å². The van der Waals surface area contributed by atoms with Gasteiger partial charge in [-0.05, 0) is 18.6 Å². The van der Waals surface area contributed by atoms with Gasteiger partial charge in [-0.2, -0.15) is 0 Å². The van der Waals surface area contributed by atoms with Crippen LogP contribution < -0.4 is 0 Å². The number of carboxylic acids is 1. The molecule has 5 heteroatoms. The predicted molar refractivity (Wildman–Crippen MR) is 66.1 cm³/mol. The molecule has 0 aliphatic rings. The number of aryl methyl sites for hydroxylation is 1. The maximum Gasteiger partial charge on any atom is 0.323 e. The average Bonchev–Trinajstić information content (AvgIpc) is 2.75. The van der Waals surface area contributed by atoms with E-state index in [2.05, 4.69) is 5.92 Å². The van der Waals surface area contributed by atoms with Gasteiger partial charge < -0.3 is 10.0 Å². The van der Waals surface area contributed by atoms with E-state index in [0.717, 1.165) is 16.2 Å². The molecule has 17 heavy (non-hydrogen) atoms. The van der Waals surface area contributed by atoms with Crippen molar-refractivity contribution < 1.29 is 14.7 Å². The van der Waals surface area contributed by atoms with Crippen molar-refractivity contribution in [3.8, 4) is 12.3 Å². The summed E-state index contributed by atoms with van der Waals surface area (Å²) in [5.74, 6) is 0.898. The first-order chi connectivity index (χ1) is 8.08. The van der Waals surface area contributed by atoms with Crippen LogP contribution in [-0.4, -0.2) is 35.0 Å². The Morgan fingerprint density at radius 2 is 2.24 bits per heavy atom. The molecule has 0 aromatic carbocycles. The third kappa shape index (κ3) is 3.61. The van der Waals surface area contributed by atoms with Crippen molar-refractivity contribution in [1.29, 1.82) is 0 Å². The minimum absolute atomic E-state index is 0.00446. The summed E-state index contributed by atoms with van der Waals surface area (Å²) in [5, 5.41) is 8.70. The topological polar surface area (TPSA) is 57.6 Å². The van der Waals surface area contributed by atoms with Crippen LogP contribution >= 0.6 is 11.3 Å². The van der Waals surface area contributed by atoms with Crippen LogP contribution in [0.4, 0.5) is 0 Å². The molecule has 0 aliphatic carbocycles. The number of terminal acetylenes is 1. The Hall–Kier alpha value is -1.80. The number of carbonyl (C=O) groups excluding carboxylic acids is 1. The minimum Gasteiger partial charge on any atom is -0.480 e. The highest BCUT2D eigenvalue weighted by molar-refractivity contribution is 7.14. The lowest BCUT2D eigenvalue weighted by atomic mass is 10.3. The number of hydrogen-bond acceptors (Lipinski definition) is 3. The lowest BCUT2D eigenvalue weighted by molar-refractivity contribution is -0.137. The van der Waals surface area contributed by atoms with Gasteiger partial charge in [0.15, 0.2) is 0 Å². The van der Waals surface area contributed by atoms with Crippen molar-refractivity contribution in [1.82, 2.24) is 4.90 Å². The van der Waals surface area contributed by atoms with Crippen LogP contribution in [0.5, 0.6) is 0 Å². The third-order valence-electron chi connectivity index (χ3n) is 2.12. The lowest BCUT2D eigenvalue weighted by Gasteiger charge is -2.16. The second kappa shape index (κ2) is 6.06. The molecular formula is C12H13NO3S. The molecule has 1 aromatic heterocycles. The van der Waals surface area contributed by atoms with Gasteiger partial charge in [-0.25, -0.2) is 0 Å². The van der Waals surface area contributed by atoms with Gasteiger partial charge >= 0.3 is 5.97 Å². The second-order valence-electron chi connectivity index (χ2n) is 3.38. The highest BCUT2D eigenvalue weighted by Crippen LogP contribution is 2.18. The van der Waals surface area contributed by atoms with Gasteiger partial charge in [-0.15, -0.1) is 17.8 Å². The molecule has 1 heterocycles. The smallest absolute Gasteiger partial charge is 0.323 e. The van der Waals surface area contributed by atoms with Gasteiger partial charge in [0.05, 0.1) is 11.4 Å². The SMILES string of the molecule is C#CCN(CC(=O)O)C(=O)c1ccc(CC)s1. The first-order valence-corrected chi connectivity index (χ1v) is 5.93. The molecule has 1 N–H and O–H groups in total. The van der Waals surface area contributed by atoms with Gasteiger partial charge in [-0.3, -0.25) is 9.59 Å². The predicted octanol–water partition coefficient (Wildman–Crippen LogP) is 1.47. The monoisotopic (exact) mass is 251 g/mol. The van der Waals surface area contributed by atoms with Crippen LogP contribution in [0.3, 0.4) is 0 Å². The molecule has 0 saturated heterocycles. The number of carbonyl (C=O) groups is 2. The summed E-state index contributed by atoms with van der Waals surface area (Å²) in [6.45, 7) is 1.63. The van der Waals surface area contributed by atoms with E-state index >= 15 is 0 Å². The van der Waals surface area contributed by atoms with Crippen molar-refractivity contribution in [2.75, 3.05) is 13.1 Å². The maximum absolute atomic E-state index is 12.0. The Balaban J connectivity index is 2.83. The Morgan fingerprint density at radius 1 is 1.53 bits per heavy atom. The molecule has 1 rings (SSSR count). The molecule has 0 saturated carbocycles. The molecule has 0 spiro atoms. The van der Waals surface area contributed by atoms with Crippen molar-refractivity contribution in [2.24, 2.45) is 0 Å². The first kappa shape index (κ1) is 13.3. The standard InChI is InChI=1S/C12H13NO3S/c1-3-7-13(8-11(14)15)12(16)10-6-5-9(4-2)17-10/h1,5-6H,4,7-8H2,2H3,(H,14,15). The Morgan fingerprint density at radius 3 is 2.71 bits per heavy atom. The zero-order valence-electron chi connectivity index (χ0n) is 9.47. The Labute approximate surface area is 104 Å². The summed E-state index contributed by atoms with van der Waals surface area (Å²) < 4.78 is 0. The summed E-state index contributed by atoms with van der Waals surface area (Å²) in [7, 11) is 0. The summed E-state index contributed by atoms with van der Waals surface area (Å²) in [6.07, 6.45) is 5.97. The molecule has 90 valence electrons. The number of hydrogen-bond donors (Lipinski definition) is 1. The molecule has 1 amide bonds. The molecule has 0 fully saturated rings. The zero-order valence-corrected chi connectivity index (χ0v) is 10.3. The fourth-order valence-electron chi connectivity index (χ4n) is 1.31. The van der Waals surface area contributed by atoms with Gasteiger partial charge in [-0.1, -0.05) is 12.8 Å². The molecule has 0 unspecified atom stereocenters. The van der Waals surface area contributed by atoms with E-state index in [1.54, 1.807) is 6.07 Å². The minimum atomic E-state index is -1.07. The molecule has 0 aliphatic heterocycles. The van der Waals surface area contributed by atoms with Crippen LogP contribution in [0.2, 0.25) is 0 Å². The lowest BCUT2D eigenvalue weighted by Crippen LogP contribution is -2.35. The van der Waals surface area contributed by atoms with Crippen LogP contribution in [0.15, 0.2) is 12.1 Å². The summed E-state index contributed by atoms with van der Waals surface area (Å²) in [6, 6.07) is 3.57. The quantitative estimate of drug-likeness (QED) is 0.806. The van der Waals surface area contributed by atoms with Gasteiger partial charge in [0.25, 0.3) is 5.91 Å². The van der Waals surface area contributed by atoms with E-state index in [0.29, 0.717) is 4.88 Å². The van der Waals surface area contributed by atoms with Gasteiger partial charge in [0, 0.05) is 4.88 Å². The van der Waals surface area contributed by atoms with Crippen molar-refractivity contribution in [3.63, 3.8) is 0 Å². The highest BCUT2D eigenvalue weighted by Gasteiger charge is 2.19.